The summed E-state index contributed by atoms with van der Waals surface area (Å²) >= 11 is 0. The molecule has 0 aliphatic heterocycles. The first-order chi connectivity index (χ1) is 8.13. The van der Waals surface area contributed by atoms with Crippen LogP contribution in [0.4, 0.5) is 0 Å². The van der Waals surface area contributed by atoms with Crippen molar-refractivity contribution in [2.75, 3.05) is 20.6 Å². The lowest BCUT2D eigenvalue weighted by Crippen LogP contribution is -2.23. The summed E-state index contributed by atoms with van der Waals surface area (Å²) in [5, 5.41) is 3.21. The second-order valence-corrected chi connectivity index (χ2v) is 4.14. The van der Waals surface area contributed by atoms with Crippen LogP contribution in [-0.4, -0.2) is 36.4 Å². The van der Waals surface area contributed by atoms with Gasteiger partial charge in [-0.15, -0.1) is 0 Å². The van der Waals surface area contributed by atoms with E-state index in [-0.39, 0.29) is 5.91 Å². The monoisotopic (exact) mass is 239 g/mol. The number of aryl methyl sites for hydroxylation is 1. The molecular weight excluding hydrogens is 218 g/mol. The maximum atomic E-state index is 11.3. The van der Waals surface area contributed by atoms with Gasteiger partial charge >= 0.3 is 0 Å². The van der Waals surface area contributed by atoms with Gasteiger partial charge in [0.2, 0.25) is 11.8 Å². The van der Waals surface area contributed by atoms with Crippen LogP contribution in [0, 0.1) is 0 Å². The average Bonchev–Trinajstić information content (AvgIpc) is 2.76. The molecule has 1 heterocycles. The molecular formula is C12H21N3O2. The molecule has 0 spiro atoms. The number of amides is 1. The Labute approximate surface area is 102 Å². The van der Waals surface area contributed by atoms with Crippen LogP contribution in [0.15, 0.2) is 10.6 Å². The maximum absolute atomic E-state index is 11.3. The maximum Gasteiger partial charge on any atom is 0.222 e. The van der Waals surface area contributed by atoms with E-state index in [2.05, 4.69) is 10.3 Å². The lowest BCUT2D eigenvalue weighted by Gasteiger charge is -2.09. The molecule has 0 saturated carbocycles. The number of rotatable bonds is 7. The van der Waals surface area contributed by atoms with E-state index in [9.17, 15) is 4.79 Å². The van der Waals surface area contributed by atoms with Gasteiger partial charge < -0.3 is 14.6 Å². The predicted octanol–water partition coefficient (Wildman–Crippen LogP) is 1.19. The molecule has 0 fully saturated rings. The molecule has 0 unspecified atom stereocenters. The molecule has 0 radical (unpaired) electrons. The summed E-state index contributed by atoms with van der Waals surface area (Å²) in [5.74, 6) is 1.78. The van der Waals surface area contributed by atoms with Crippen molar-refractivity contribution in [3.8, 4) is 0 Å². The average molecular weight is 239 g/mol. The van der Waals surface area contributed by atoms with Gasteiger partial charge in [0.1, 0.15) is 5.76 Å². The van der Waals surface area contributed by atoms with Gasteiger partial charge in [0, 0.05) is 26.9 Å². The fourth-order valence-electron chi connectivity index (χ4n) is 1.38. The summed E-state index contributed by atoms with van der Waals surface area (Å²) < 4.78 is 5.45. The highest BCUT2D eigenvalue weighted by molar-refractivity contribution is 5.75. The second-order valence-electron chi connectivity index (χ2n) is 4.14. The Balaban J connectivity index is 2.10. The second kappa shape index (κ2) is 7.06. The molecule has 0 aliphatic carbocycles. The third kappa shape index (κ3) is 4.99. The lowest BCUT2D eigenvalue weighted by atomic mass is 10.3. The molecule has 1 amide bonds. The molecule has 5 nitrogen and oxygen atoms in total. The standard InChI is InChI=1S/C12H21N3O2/c1-4-10-8-14-11(17-10)9-13-7-5-6-12(16)15(2)3/h8,13H,4-7,9H2,1-3H3. The molecule has 1 N–H and O–H groups in total. The number of aromatic nitrogens is 1. The van der Waals surface area contributed by atoms with Gasteiger partial charge in [0.25, 0.3) is 0 Å². The third-order valence-corrected chi connectivity index (χ3v) is 2.47. The van der Waals surface area contributed by atoms with Crippen LogP contribution >= 0.6 is 0 Å². The van der Waals surface area contributed by atoms with E-state index >= 15 is 0 Å². The Morgan fingerprint density at radius 3 is 2.88 bits per heavy atom. The molecule has 1 aromatic rings. The molecule has 0 atom stereocenters. The van der Waals surface area contributed by atoms with Crippen LogP contribution < -0.4 is 5.32 Å². The number of hydrogen-bond acceptors (Lipinski definition) is 4. The summed E-state index contributed by atoms with van der Waals surface area (Å²) in [5.41, 5.74) is 0. The lowest BCUT2D eigenvalue weighted by molar-refractivity contribution is -0.128. The van der Waals surface area contributed by atoms with Gasteiger partial charge in [-0.05, 0) is 13.0 Å². The minimum atomic E-state index is 0.163. The Hall–Kier alpha value is -1.36. The quantitative estimate of drug-likeness (QED) is 0.726. The highest BCUT2D eigenvalue weighted by Crippen LogP contribution is 2.03. The molecule has 0 saturated heterocycles. The molecule has 0 bridgehead atoms. The van der Waals surface area contributed by atoms with Crippen molar-refractivity contribution < 1.29 is 9.21 Å². The Morgan fingerprint density at radius 2 is 2.29 bits per heavy atom. The number of carbonyl (C=O) groups excluding carboxylic acids is 1. The molecule has 96 valence electrons. The van der Waals surface area contributed by atoms with Crippen molar-refractivity contribution in [2.45, 2.75) is 32.7 Å². The molecule has 5 heteroatoms. The number of nitrogens with one attached hydrogen (secondary N) is 1. The van der Waals surface area contributed by atoms with Crippen molar-refractivity contribution >= 4 is 5.91 Å². The van der Waals surface area contributed by atoms with Gasteiger partial charge in [-0.25, -0.2) is 4.98 Å². The highest BCUT2D eigenvalue weighted by Gasteiger charge is 2.04. The SMILES string of the molecule is CCc1cnc(CNCCCC(=O)N(C)C)o1. The topological polar surface area (TPSA) is 58.4 Å². The molecule has 17 heavy (non-hydrogen) atoms. The van der Waals surface area contributed by atoms with Crippen LogP contribution in [0.2, 0.25) is 0 Å². The first kappa shape index (κ1) is 13.7. The summed E-state index contributed by atoms with van der Waals surface area (Å²) in [6, 6.07) is 0. The number of nitrogens with zero attached hydrogens (tertiary/aromatic N) is 2. The van der Waals surface area contributed by atoms with Crippen LogP contribution in [0.5, 0.6) is 0 Å². The van der Waals surface area contributed by atoms with E-state index in [0.717, 1.165) is 25.1 Å². The van der Waals surface area contributed by atoms with E-state index in [1.165, 1.54) is 0 Å². The Bertz CT molecular complexity index is 347. The van der Waals surface area contributed by atoms with E-state index < -0.39 is 0 Å². The Morgan fingerprint density at radius 1 is 1.53 bits per heavy atom. The first-order valence-corrected chi connectivity index (χ1v) is 5.98. The van der Waals surface area contributed by atoms with Gasteiger partial charge in [0.05, 0.1) is 12.7 Å². The zero-order valence-corrected chi connectivity index (χ0v) is 10.8. The minimum Gasteiger partial charge on any atom is -0.444 e. The summed E-state index contributed by atoms with van der Waals surface area (Å²) in [4.78, 5) is 17.0. The molecule has 1 rings (SSSR count). The molecule has 0 aromatic carbocycles. The number of hydrogen-bond donors (Lipinski definition) is 1. The molecule has 1 aromatic heterocycles. The number of oxazole rings is 1. The Kier molecular flexibility index (Phi) is 5.69. The summed E-state index contributed by atoms with van der Waals surface area (Å²) in [6.07, 6.45) is 4.03. The van der Waals surface area contributed by atoms with Crippen molar-refractivity contribution in [1.82, 2.24) is 15.2 Å². The first-order valence-electron chi connectivity index (χ1n) is 5.98. The zero-order valence-electron chi connectivity index (χ0n) is 10.8. The summed E-state index contributed by atoms with van der Waals surface area (Å²) in [7, 11) is 3.55. The van der Waals surface area contributed by atoms with Gasteiger partial charge in [0.15, 0.2) is 0 Å². The van der Waals surface area contributed by atoms with Gasteiger partial charge in [-0.1, -0.05) is 6.92 Å². The smallest absolute Gasteiger partial charge is 0.222 e. The zero-order chi connectivity index (χ0) is 12.7. The fraction of sp³-hybridized carbons (Fsp3) is 0.667. The van der Waals surface area contributed by atoms with Gasteiger partial charge in [-0.3, -0.25) is 4.79 Å². The van der Waals surface area contributed by atoms with Crippen LogP contribution in [-0.2, 0) is 17.8 Å². The van der Waals surface area contributed by atoms with Crippen LogP contribution in [0.3, 0.4) is 0 Å². The minimum absolute atomic E-state index is 0.163. The van der Waals surface area contributed by atoms with Gasteiger partial charge in [-0.2, -0.15) is 0 Å². The van der Waals surface area contributed by atoms with Crippen LogP contribution in [0.25, 0.3) is 0 Å². The van der Waals surface area contributed by atoms with Crippen molar-refractivity contribution in [2.24, 2.45) is 0 Å². The highest BCUT2D eigenvalue weighted by atomic mass is 16.4. The predicted molar refractivity (Wildman–Crippen MR) is 65.5 cm³/mol. The van der Waals surface area contributed by atoms with E-state index in [0.29, 0.717) is 18.9 Å². The fourth-order valence-corrected chi connectivity index (χ4v) is 1.38. The van der Waals surface area contributed by atoms with Crippen molar-refractivity contribution in [3.05, 3.63) is 17.8 Å². The van der Waals surface area contributed by atoms with E-state index in [1.807, 2.05) is 6.92 Å². The van der Waals surface area contributed by atoms with Crippen LogP contribution in [0.1, 0.15) is 31.4 Å². The summed E-state index contributed by atoms with van der Waals surface area (Å²) in [6.45, 7) is 3.45. The number of carbonyl (C=O) groups is 1. The molecule has 0 aliphatic rings. The van der Waals surface area contributed by atoms with Crippen molar-refractivity contribution in [3.63, 3.8) is 0 Å². The third-order valence-electron chi connectivity index (χ3n) is 2.47. The normalized spacial score (nSPS) is 10.5. The van der Waals surface area contributed by atoms with E-state index in [4.69, 9.17) is 4.42 Å². The van der Waals surface area contributed by atoms with Crippen molar-refractivity contribution in [1.29, 1.82) is 0 Å². The van der Waals surface area contributed by atoms with E-state index in [1.54, 1.807) is 25.2 Å². The largest absolute Gasteiger partial charge is 0.444 e.